The summed E-state index contributed by atoms with van der Waals surface area (Å²) in [6, 6.07) is 15.7. The van der Waals surface area contributed by atoms with Crippen molar-refractivity contribution in [2.45, 2.75) is 26.6 Å². The number of carboxylic acid groups (broad SMARTS) is 1. The molecule has 2 aromatic carbocycles. The van der Waals surface area contributed by atoms with Gasteiger partial charge < -0.3 is 20.3 Å². The second-order valence-corrected chi connectivity index (χ2v) is 6.89. The van der Waals surface area contributed by atoms with Crippen LogP contribution in [0.3, 0.4) is 0 Å². The smallest absolute Gasteiger partial charge is 0.340 e. The second-order valence-electron chi connectivity index (χ2n) is 6.89. The van der Waals surface area contributed by atoms with E-state index in [9.17, 15) is 14.7 Å². The van der Waals surface area contributed by atoms with E-state index in [-0.39, 0.29) is 28.6 Å². The lowest BCUT2D eigenvalue weighted by Gasteiger charge is -2.15. The van der Waals surface area contributed by atoms with Gasteiger partial charge in [-0.25, -0.2) is 9.78 Å². The van der Waals surface area contributed by atoms with E-state index in [0.29, 0.717) is 18.1 Å². The second kappa shape index (κ2) is 9.09. The number of nitrogens with zero attached hydrogens (tertiary/aromatic N) is 1. The number of benzene rings is 2. The number of aromatic carboxylic acids is 1. The first-order chi connectivity index (χ1) is 14.3. The molecule has 0 saturated heterocycles. The van der Waals surface area contributed by atoms with E-state index in [4.69, 9.17) is 15.2 Å². The molecule has 0 aliphatic heterocycles. The third-order valence-corrected chi connectivity index (χ3v) is 4.20. The topological polar surface area (TPSA) is 112 Å². The number of anilines is 1. The van der Waals surface area contributed by atoms with Crippen LogP contribution in [0.5, 0.6) is 11.5 Å². The molecular formula is C23H22N2O5. The van der Waals surface area contributed by atoms with Crippen LogP contribution in [0.25, 0.3) is 0 Å². The van der Waals surface area contributed by atoms with Gasteiger partial charge in [-0.3, -0.25) is 4.79 Å². The van der Waals surface area contributed by atoms with Gasteiger partial charge in [0.15, 0.2) is 5.78 Å². The summed E-state index contributed by atoms with van der Waals surface area (Å²) in [5, 5.41) is 9.46. The number of rotatable bonds is 8. The molecule has 30 heavy (non-hydrogen) atoms. The number of ether oxygens (including phenoxy) is 2. The number of pyridine rings is 1. The molecule has 0 aliphatic rings. The van der Waals surface area contributed by atoms with Gasteiger partial charge in [0, 0.05) is 23.4 Å². The molecule has 1 aromatic heterocycles. The van der Waals surface area contributed by atoms with Gasteiger partial charge >= 0.3 is 5.97 Å². The molecule has 0 aliphatic carbocycles. The Hall–Kier alpha value is -3.87. The van der Waals surface area contributed by atoms with Crippen molar-refractivity contribution in [3.8, 4) is 11.5 Å². The first-order valence-corrected chi connectivity index (χ1v) is 9.36. The van der Waals surface area contributed by atoms with Crippen molar-refractivity contribution in [3.63, 3.8) is 0 Å². The Kier molecular flexibility index (Phi) is 6.32. The van der Waals surface area contributed by atoms with Crippen molar-refractivity contribution in [2.24, 2.45) is 0 Å². The van der Waals surface area contributed by atoms with Gasteiger partial charge in [0.2, 0.25) is 0 Å². The minimum atomic E-state index is -1.32. The van der Waals surface area contributed by atoms with E-state index in [1.807, 2.05) is 44.2 Å². The van der Waals surface area contributed by atoms with Gasteiger partial charge in [0.05, 0.1) is 6.10 Å². The average molecular weight is 406 g/mol. The van der Waals surface area contributed by atoms with E-state index >= 15 is 0 Å². The molecule has 7 heteroatoms. The quantitative estimate of drug-likeness (QED) is 0.545. The Labute approximate surface area is 174 Å². The van der Waals surface area contributed by atoms with E-state index < -0.39 is 11.8 Å². The summed E-state index contributed by atoms with van der Waals surface area (Å²) in [5.41, 5.74) is 6.50. The first kappa shape index (κ1) is 20.9. The van der Waals surface area contributed by atoms with Gasteiger partial charge in [-0.2, -0.15) is 0 Å². The summed E-state index contributed by atoms with van der Waals surface area (Å²) in [5.74, 6) is -1.18. The molecule has 0 saturated carbocycles. The zero-order chi connectivity index (χ0) is 21.7. The lowest BCUT2D eigenvalue weighted by molar-refractivity contribution is 0.0693. The SMILES string of the molecule is CC(C)Oc1cc(OCc2ccccc2)cc(C(=O)c2ccnc(N)c2C(=O)O)c1. The summed E-state index contributed by atoms with van der Waals surface area (Å²) in [6.07, 6.45) is 1.18. The highest BCUT2D eigenvalue weighted by Gasteiger charge is 2.22. The van der Waals surface area contributed by atoms with E-state index in [2.05, 4.69) is 4.98 Å². The number of carbonyl (C=O) groups excluding carboxylic acids is 1. The fourth-order valence-electron chi connectivity index (χ4n) is 2.91. The van der Waals surface area contributed by atoms with Crippen LogP contribution in [0.2, 0.25) is 0 Å². The summed E-state index contributed by atoms with van der Waals surface area (Å²) in [6.45, 7) is 4.04. The van der Waals surface area contributed by atoms with Crippen LogP contribution in [-0.2, 0) is 6.61 Å². The molecule has 3 aromatic rings. The average Bonchev–Trinajstić information content (AvgIpc) is 2.71. The molecule has 0 radical (unpaired) electrons. The Morgan fingerprint density at radius 3 is 2.43 bits per heavy atom. The molecule has 3 N–H and O–H groups in total. The maximum absolute atomic E-state index is 13.1. The van der Waals surface area contributed by atoms with Gasteiger partial charge in [-0.1, -0.05) is 30.3 Å². The Bertz CT molecular complexity index is 1060. The summed E-state index contributed by atoms with van der Waals surface area (Å²) in [4.78, 5) is 28.5. The molecule has 154 valence electrons. The largest absolute Gasteiger partial charge is 0.491 e. The minimum Gasteiger partial charge on any atom is -0.491 e. The summed E-state index contributed by atoms with van der Waals surface area (Å²) >= 11 is 0. The van der Waals surface area contributed by atoms with E-state index in [1.54, 1.807) is 18.2 Å². The predicted octanol–water partition coefficient (Wildman–Crippen LogP) is 3.96. The molecule has 1 heterocycles. The maximum atomic E-state index is 13.1. The normalized spacial score (nSPS) is 10.6. The molecule has 0 unspecified atom stereocenters. The Morgan fingerprint density at radius 1 is 1.07 bits per heavy atom. The van der Waals surface area contributed by atoms with Gasteiger partial charge in [0.1, 0.15) is 29.5 Å². The van der Waals surface area contributed by atoms with Crippen molar-refractivity contribution < 1.29 is 24.2 Å². The zero-order valence-electron chi connectivity index (χ0n) is 16.7. The Balaban J connectivity index is 1.98. The van der Waals surface area contributed by atoms with Crippen LogP contribution in [0.4, 0.5) is 5.82 Å². The molecule has 0 bridgehead atoms. The minimum absolute atomic E-state index is 0.0503. The van der Waals surface area contributed by atoms with Gasteiger partial charge in [-0.05, 0) is 37.6 Å². The van der Waals surface area contributed by atoms with Gasteiger partial charge in [-0.15, -0.1) is 0 Å². The highest BCUT2D eigenvalue weighted by atomic mass is 16.5. The number of hydrogen-bond donors (Lipinski definition) is 2. The standard InChI is InChI=1S/C23H22N2O5/c1-14(2)30-18-11-16(10-17(12-18)29-13-15-6-4-3-5-7-15)21(26)19-8-9-25-22(24)20(19)23(27)28/h3-12,14H,13H2,1-2H3,(H2,24,25)(H,27,28). The molecule has 0 amide bonds. The molecule has 0 fully saturated rings. The van der Waals surface area contributed by atoms with Crippen molar-refractivity contribution in [1.29, 1.82) is 0 Å². The van der Waals surface area contributed by atoms with E-state index in [1.165, 1.54) is 12.3 Å². The lowest BCUT2D eigenvalue weighted by Crippen LogP contribution is -2.14. The first-order valence-electron chi connectivity index (χ1n) is 9.36. The number of carbonyl (C=O) groups is 2. The molecule has 0 atom stereocenters. The van der Waals surface area contributed by atoms with Crippen LogP contribution in [0, 0.1) is 0 Å². The maximum Gasteiger partial charge on any atom is 0.340 e. The van der Waals surface area contributed by atoms with Crippen molar-refractivity contribution >= 4 is 17.6 Å². The fourth-order valence-corrected chi connectivity index (χ4v) is 2.91. The highest BCUT2D eigenvalue weighted by Crippen LogP contribution is 2.28. The molecule has 0 spiro atoms. The van der Waals surface area contributed by atoms with Crippen LogP contribution in [0.15, 0.2) is 60.8 Å². The number of hydrogen-bond acceptors (Lipinski definition) is 6. The molecule has 7 nitrogen and oxygen atoms in total. The van der Waals surface area contributed by atoms with Crippen molar-refractivity contribution in [3.05, 3.63) is 83.0 Å². The highest BCUT2D eigenvalue weighted by molar-refractivity contribution is 6.15. The third kappa shape index (κ3) is 4.94. The van der Waals surface area contributed by atoms with Crippen molar-refractivity contribution in [1.82, 2.24) is 4.98 Å². The van der Waals surface area contributed by atoms with Crippen LogP contribution in [-0.4, -0.2) is 27.9 Å². The van der Waals surface area contributed by atoms with Crippen molar-refractivity contribution in [2.75, 3.05) is 5.73 Å². The third-order valence-electron chi connectivity index (χ3n) is 4.20. The van der Waals surface area contributed by atoms with Crippen LogP contribution < -0.4 is 15.2 Å². The molecule has 3 rings (SSSR count). The number of aromatic nitrogens is 1. The lowest BCUT2D eigenvalue weighted by atomic mass is 9.99. The summed E-state index contributed by atoms with van der Waals surface area (Å²) < 4.78 is 11.6. The number of nitrogens with two attached hydrogens (primary N) is 1. The molecular weight excluding hydrogens is 384 g/mol. The number of carboxylic acids is 1. The Morgan fingerprint density at radius 2 is 1.77 bits per heavy atom. The zero-order valence-corrected chi connectivity index (χ0v) is 16.7. The number of ketones is 1. The van der Waals surface area contributed by atoms with Crippen LogP contribution >= 0.6 is 0 Å². The van der Waals surface area contributed by atoms with Crippen LogP contribution in [0.1, 0.15) is 45.7 Å². The number of nitrogen functional groups attached to an aromatic ring is 1. The van der Waals surface area contributed by atoms with E-state index in [0.717, 1.165) is 5.56 Å². The fraction of sp³-hybridized carbons (Fsp3) is 0.174. The van der Waals surface area contributed by atoms with Gasteiger partial charge in [0.25, 0.3) is 0 Å². The summed E-state index contributed by atoms with van der Waals surface area (Å²) in [7, 11) is 0. The predicted molar refractivity (Wildman–Crippen MR) is 112 cm³/mol. The monoisotopic (exact) mass is 406 g/mol.